The normalized spacial score (nSPS) is 26.6. The molecule has 3 fully saturated rings. The number of ketones is 2. The number of unbranched alkanes of at least 4 members (excludes halogenated alkanes) is 3. The third-order valence-electron chi connectivity index (χ3n) is 20.0. The molecule has 2 aromatic carbocycles. The van der Waals surface area contributed by atoms with E-state index in [1.54, 1.807) is 86.3 Å². The summed E-state index contributed by atoms with van der Waals surface area (Å²) >= 11 is 5.91. The summed E-state index contributed by atoms with van der Waals surface area (Å²) in [4.78, 5) is 182. The molecule has 6 N–H and O–H groups in total. The average molecular weight is 1540 g/mol. The minimum atomic E-state index is -1.71. The zero-order chi connectivity index (χ0) is 79.2. The number of rotatable bonds is 15. The van der Waals surface area contributed by atoms with Gasteiger partial charge in [0.25, 0.3) is 11.8 Å². The van der Waals surface area contributed by atoms with Gasteiger partial charge in [-0.15, -0.1) is 0 Å². The molecule has 5 aliphatic rings. The Bertz CT molecular complexity index is 4070. The third kappa shape index (κ3) is 22.9. The number of piperidine rings is 1. The smallest absolute Gasteiger partial charge is 0.355 e. The number of thiol groups is 1. The first kappa shape index (κ1) is 84.9. The van der Waals surface area contributed by atoms with Gasteiger partial charge in [-0.05, 0) is 113 Å². The number of aryl methyl sites for hydroxylation is 1. The molecule has 11 atom stereocenters. The number of ether oxygens (including phenoxy) is 2. The van der Waals surface area contributed by atoms with Gasteiger partial charge in [-0.3, -0.25) is 47.9 Å². The number of aliphatic hydroxyl groups is 1. The Kier molecular flexibility index (Phi) is 31.2. The van der Waals surface area contributed by atoms with Crippen molar-refractivity contribution < 1.29 is 81.6 Å². The van der Waals surface area contributed by atoms with Crippen molar-refractivity contribution in [2.45, 2.75) is 186 Å². The molecule has 3 saturated heterocycles. The molecule has 0 spiro atoms. The number of aliphatic hydroxyl groups excluding tert-OH is 1. The maximum Gasteiger partial charge on any atom is 0.355 e. The van der Waals surface area contributed by atoms with E-state index in [9.17, 15) is 58.2 Å². The monoisotopic (exact) mass is 1540 g/mol. The van der Waals surface area contributed by atoms with Gasteiger partial charge >= 0.3 is 11.9 Å². The van der Waals surface area contributed by atoms with Crippen LogP contribution in [-0.2, 0) is 70.3 Å². The number of nitrogens with zero attached hydrogens (tertiary/aromatic N) is 6. The standard InChI is InChI=1S/C52H67N7O10S2.C28H35N3O7/c1-6-52(4)51(68)58-25-15-18-37(58)48(65)57(5)39(28-34-22-20-32(2)21-23-34)49(66)59-30-36(31-71-27-13-8-7-12-26-70)41(61)29-38(59)45(62)55-43(35-16-10-9-11-17-35)50(67)69-33(3)42(47(64)56-52)54-46(63)44-40(60)19-14-24-53-44;1-17(2)26-19(4)9-10-24(34)29-11-5-7-18(3)13-20(32)14-21(33)15-25-30-22(16-37-25)27(35)31-12-6-8-23(31)28(36)38-26/h9-11,14,16-17,19-24,33,36-39,42-43,60,70H,6-8,12-13,15,18,25-31H2,1-5H3,(H,54,63)(H,55,62)(H,56,64);5,7-10,13,16-17,19-20,26,32H,6,11-12,14-15H2,1-4H3,(H,29,34)/b;7-5+,10-9+,18-13+/t33-,36?,37+,38+,39+,42+,43+,52?;19-,20-,26-/m11/s1. The maximum absolute atomic E-state index is 15.5. The number of pyridine rings is 1. The molecule has 4 aromatic rings. The lowest BCUT2D eigenvalue weighted by molar-refractivity contribution is -0.157. The highest BCUT2D eigenvalue weighted by Crippen LogP contribution is 2.32. The van der Waals surface area contributed by atoms with Crippen LogP contribution in [0.5, 0.6) is 5.75 Å². The summed E-state index contributed by atoms with van der Waals surface area (Å²) in [5.74, 6) is -6.94. The van der Waals surface area contributed by atoms with Crippen LogP contribution in [0, 0.1) is 24.7 Å². The number of thioether (sulfide) groups is 1. The fraction of sp³-hybridized carbons (Fsp3) is 0.500. The molecule has 7 heterocycles. The molecule has 109 heavy (non-hydrogen) atoms. The first-order valence-electron chi connectivity index (χ1n) is 37.2. The number of fused-ring (bicyclic) bond motifs is 5. The van der Waals surface area contributed by atoms with Crippen LogP contribution in [0.25, 0.3) is 0 Å². The van der Waals surface area contributed by atoms with Gasteiger partial charge in [0.05, 0.1) is 12.5 Å². The number of likely N-dealkylation sites (N-methyl/N-ethyl adjacent to an activating group) is 1. The number of oxazole rings is 1. The lowest BCUT2D eigenvalue weighted by atomic mass is 9.90. The summed E-state index contributed by atoms with van der Waals surface area (Å²) in [5, 5.41) is 31.6. The number of Topliss-reactive ketones (excluding diaryl/α,β-unsaturated/α-hetero) is 2. The number of hydrogen-bond donors (Lipinski definition) is 7. The van der Waals surface area contributed by atoms with Crippen molar-refractivity contribution in [1.82, 2.24) is 50.8 Å². The van der Waals surface area contributed by atoms with Crippen molar-refractivity contribution in [3.05, 3.63) is 161 Å². The average Bonchev–Trinajstić information content (AvgIpc) is 1.45. The highest BCUT2D eigenvalue weighted by molar-refractivity contribution is 7.99. The predicted octanol–water partition coefficient (Wildman–Crippen LogP) is 7.01. The molecule has 0 saturated carbocycles. The van der Waals surface area contributed by atoms with Crippen LogP contribution in [0.15, 0.2) is 131 Å². The number of nitrogens with one attached hydrogen (secondary N) is 4. The lowest BCUT2D eigenvalue weighted by Crippen LogP contribution is -2.65. The van der Waals surface area contributed by atoms with Gasteiger partial charge in [0.15, 0.2) is 17.4 Å². The molecule has 8 amide bonds. The summed E-state index contributed by atoms with van der Waals surface area (Å²) < 4.78 is 17.1. The van der Waals surface area contributed by atoms with Crippen molar-refractivity contribution >= 4 is 95.2 Å². The van der Waals surface area contributed by atoms with Crippen LogP contribution in [-0.4, -0.2) is 209 Å². The van der Waals surface area contributed by atoms with Gasteiger partial charge in [0, 0.05) is 76.3 Å². The van der Waals surface area contributed by atoms with E-state index < -0.39 is 125 Å². The summed E-state index contributed by atoms with van der Waals surface area (Å²) in [6, 6.07) is 11.4. The molecule has 9 rings (SSSR count). The molecule has 27 nitrogen and oxygen atoms in total. The number of benzene rings is 2. The number of cyclic esters (lactones) is 2. The predicted molar refractivity (Wildman–Crippen MR) is 410 cm³/mol. The summed E-state index contributed by atoms with van der Waals surface area (Å²) in [5.41, 5.74) is 0.681. The molecule has 2 bridgehead atoms. The van der Waals surface area contributed by atoms with E-state index in [1.807, 2.05) is 52.0 Å². The molecule has 0 radical (unpaired) electrons. The van der Waals surface area contributed by atoms with Gasteiger partial charge in [0.2, 0.25) is 41.3 Å². The van der Waals surface area contributed by atoms with Crippen molar-refractivity contribution in [2.24, 2.45) is 17.8 Å². The van der Waals surface area contributed by atoms with Crippen molar-refractivity contribution in [3.63, 3.8) is 0 Å². The van der Waals surface area contributed by atoms with Crippen LogP contribution in [0.2, 0.25) is 0 Å². The van der Waals surface area contributed by atoms with Crippen LogP contribution in [0.3, 0.4) is 0 Å². The van der Waals surface area contributed by atoms with Crippen LogP contribution in [0.1, 0.15) is 162 Å². The lowest BCUT2D eigenvalue weighted by Gasteiger charge is -2.42. The summed E-state index contributed by atoms with van der Waals surface area (Å²) in [6.45, 7) is 14.5. The number of allylic oxidation sites excluding steroid dienone is 2. The van der Waals surface area contributed by atoms with Gasteiger partial charge in [-0.1, -0.05) is 137 Å². The molecular formula is C80H102N10O17S2. The van der Waals surface area contributed by atoms with E-state index >= 15 is 9.59 Å². The maximum atomic E-state index is 15.5. The Labute approximate surface area is 645 Å². The Morgan fingerprint density at radius 2 is 1.60 bits per heavy atom. The van der Waals surface area contributed by atoms with Gasteiger partial charge < -0.3 is 65.0 Å². The number of hydrogen-bond acceptors (Lipinski definition) is 21. The second-order valence-electron chi connectivity index (χ2n) is 28.7. The zero-order valence-corrected chi connectivity index (χ0v) is 65.0. The molecule has 586 valence electrons. The second kappa shape index (κ2) is 40.1. The SMILES string of the molecule is CC1=C\[C@@H](O)CC(=O)Cc2nc(co2)C(=O)N2CCC=C2C(=O)O[C@H](C(C)C)[C@H](C)/C=C/C(=O)NC\C=C\1.CCC1(C)NC(=O)[C@@H](NC(=O)c2ncccc2O)[C@@H](C)OC(=O)[C@H](c2ccccc2)NC(=O)[C@@H]2CC(=O)C(CSCCCCCCS)CN2C(=O)[C@H](Cc2ccc(C)cc2)N(C)C(=O)[C@@H]2CCCN2C1=O. The van der Waals surface area contributed by atoms with E-state index in [4.69, 9.17) is 13.9 Å². The van der Waals surface area contributed by atoms with Gasteiger partial charge in [-0.25, -0.2) is 19.6 Å². The minimum Gasteiger partial charge on any atom is -0.505 e. The largest absolute Gasteiger partial charge is 0.505 e. The van der Waals surface area contributed by atoms with Crippen LogP contribution in [0.4, 0.5) is 0 Å². The number of aromatic hydroxyl groups is 1. The Balaban J connectivity index is 0.000000330. The van der Waals surface area contributed by atoms with Crippen LogP contribution >= 0.6 is 24.4 Å². The van der Waals surface area contributed by atoms with E-state index in [2.05, 4.69) is 43.9 Å². The number of amides is 8. The topological polar surface area (TPSA) is 364 Å². The van der Waals surface area contributed by atoms with E-state index in [0.717, 1.165) is 60.2 Å². The molecule has 5 aliphatic heterocycles. The van der Waals surface area contributed by atoms with Crippen LogP contribution < -0.4 is 21.3 Å². The quantitative estimate of drug-likeness (QED) is 0.0357. The van der Waals surface area contributed by atoms with Gasteiger partial charge in [0.1, 0.15) is 71.2 Å². The molecule has 29 heteroatoms. The number of carbonyl (C=O) groups is 12. The van der Waals surface area contributed by atoms with Crippen molar-refractivity contribution in [3.8, 4) is 5.75 Å². The Hall–Kier alpha value is -9.74. The molecular weight excluding hydrogens is 1440 g/mol. The second-order valence-corrected chi connectivity index (χ2v) is 30.3. The molecule has 2 aromatic heterocycles. The number of esters is 2. The minimum absolute atomic E-state index is 0.0297. The van der Waals surface area contributed by atoms with E-state index in [0.29, 0.717) is 18.6 Å². The molecule has 2 unspecified atom stereocenters. The first-order valence-corrected chi connectivity index (χ1v) is 39.0. The van der Waals surface area contributed by atoms with E-state index in [1.165, 1.54) is 64.9 Å². The highest BCUT2D eigenvalue weighted by Gasteiger charge is 2.50. The molecule has 0 aliphatic carbocycles. The van der Waals surface area contributed by atoms with Gasteiger partial charge in [-0.2, -0.15) is 24.4 Å². The Morgan fingerprint density at radius 1 is 0.862 bits per heavy atom. The number of aromatic nitrogens is 2. The first-order chi connectivity index (χ1) is 52.0. The van der Waals surface area contributed by atoms with Crippen molar-refractivity contribution in [1.29, 1.82) is 0 Å². The highest BCUT2D eigenvalue weighted by atomic mass is 32.2. The Morgan fingerprint density at radius 3 is 2.30 bits per heavy atom. The summed E-state index contributed by atoms with van der Waals surface area (Å²) in [7, 11) is 1.50. The number of carbonyl (C=O) groups excluding carboxylic acids is 12. The zero-order valence-electron chi connectivity index (χ0n) is 63.3. The third-order valence-corrected chi connectivity index (χ3v) is 21.5. The fourth-order valence-corrected chi connectivity index (χ4v) is 15.0. The van der Waals surface area contributed by atoms with Crippen molar-refractivity contribution in [2.75, 3.05) is 50.5 Å². The summed E-state index contributed by atoms with van der Waals surface area (Å²) in [6.07, 6.45) is 13.7. The fourth-order valence-electron chi connectivity index (χ4n) is 13.6. The van der Waals surface area contributed by atoms with E-state index in [-0.39, 0.29) is 117 Å².